The van der Waals surface area contributed by atoms with Gasteiger partial charge < -0.3 is 9.64 Å². The first-order valence-electron chi connectivity index (χ1n) is 8.74. The predicted octanol–water partition coefficient (Wildman–Crippen LogP) is 2.89. The summed E-state index contributed by atoms with van der Waals surface area (Å²) in [5, 5.41) is 0. The molecule has 1 saturated heterocycles. The van der Waals surface area contributed by atoms with Crippen molar-refractivity contribution in [2.45, 2.75) is 45.0 Å². The smallest absolute Gasteiger partial charge is 0.410 e. The molecule has 1 heterocycles. The maximum absolute atomic E-state index is 13.2. The average Bonchev–Trinajstić information content (AvgIpc) is 2.51. The molecule has 0 bridgehead atoms. The number of hydrogen-bond acceptors (Lipinski definition) is 4. The van der Waals surface area contributed by atoms with E-state index in [0.29, 0.717) is 18.7 Å². The largest absolute Gasteiger partial charge is 0.444 e. The second kappa shape index (κ2) is 8.35. The molecule has 8 heteroatoms. The maximum Gasteiger partial charge on any atom is 0.410 e. The van der Waals surface area contributed by atoms with E-state index < -0.39 is 21.4 Å². The molecule has 146 valence electrons. The molecular weight excluding hydrogens is 359 g/mol. The van der Waals surface area contributed by atoms with Gasteiger partial charge in [-0.15, -0.1) is 0 Å². The van der Waals surface area contributed by atoms with Crippen molar-refractivity contribution in [3.8, 4) is 0 Å². The lowest BCUT2D eigenvalue weighted by atomic mass is 9.99. The van der Waals surface area contributed by atoms with Gasteiger partial charge in [0.05, 0.1) is 5.75 Å². The Morgan fingerprint density at radius 2 is 2.12 bits per heavy atom. The minimum Gasteiger partial charge on any atom is -0.444 e. The summed E-state index contributed by atoms with van der Waals surface area (Å²) in [4.78, 5) is 13.8. The molecule has 1 N–H and O–H groups in total. The summed E-state index contributed by atoms with van der Waals surface area (Å²) in [7, 11) is -3.57. The third-order valence-electron chi connectivity index (χ3n) is 4.01. The second-order valence-corrected chi connectivity index (χ2v) is 9.48. The number of ether oxygens (including phenoxy) is 1. The number of likely N-dealkylation sites (tertiary alicyclic amines) is 1. The minimum absolute atomic E-state index is 0.0264. The highest BCUT2D eigenvalue weighted by molar-refractivity contribution is 7.88. The van der Waals surface area contributed by atoms with Gasteiger partial charge in [0.1, 0.15) is 11.4 Å². The molecule has 1 aromatic carbocycles. The van der Waals surface area contributed by atoms with E-state index in [9.17, 15) is 17.6 Å². The van der Waals surface area contributed by atoms with Gasteiger partial charge in [0.15, 0.2) is 0 Å². The van der Waals surface area contributed by atoms with Crippen molar-refractivity contribution in [2.24, 2.45) is 5.92 Å². The standard InChI is InChI=1S/C18H27FN2O4S/c1-18(2,3)25-17(22)21-9-5-7-15(12-21)11-20-26(23,24)13-14-6-4-8-16(19)10-14/h4,6,8,10,15,20H,5,7,9,11-13H2,1-3H3/t15-/m1/s1. The van der Waals surface area contributed by atoms with Gasteiger partial charge in [-0.05, 0) is 57.2 Å². The molecule has 0 spiro atoms. The van der Waals surface area contributed by atoms with Crippen molar-refractivity contribution >= 4 is 16.1 Å². The van der Waals surface area contributed by atoms with Crippen LogP contribution in [0.4, 0.5) is 9.18 Å². The van der Waals surface area contributed by atoms with Crippen LogP contribution in [0, 0.1) is 11.7 Å². The number of benzene rings is 1. The fourth-order valence-corrected chi connectivity index (χ4v) is 4.08. The van der Waals surface area contributed by atoms with E-state index in [-0.39, 0.29) is 24.3 Å². The Morgan fingerprint density at radius 1 is 1.38 bits per heavy atom. The van der Waals surface area contributed by atoms with Gasteiger partial charge in [0.25, 0.3) is 0 Å². The minimum atomic E-state index is -3.57. The number of nitrogens with zero attached hydrogens (tertiary/aromatic N) is 1. The molecule has 0 radical (unpaired) electrons. The molecule has 2 rings (SSSR count). The van der Waals surface area contributed by atoms with E-state index in [1.807, 2.05) is 20.8 Å². The van der Waals surface area contributed by atoms with Crippen LogP contribution in [0.25, 0.3) is 0 Å². The van der Waals surface area contributed by atoms with Gasteiger partial charge >= 0.3 is 6.09 Å². The van der Waals surface area contributed by atoms with Crippen LogP contribution >= 0.6 is 0 Å². The molecule has 1 fully saturated rings. The molecule has 1 amide bonds. The van der Waals surface area contributed by atoms with E-state index in [4.69, 9.17) is 4.74 Å². The Morgan fingerprint density at radius 3 is 2.77 bits per heavy atom. The van der Waals surface area contributed by atoms with Crippen LogP contribution in [-0.2, 0) is 20.5 Å². The number of sulfonamides is 1. The SMILES string of the molecule is CC(C)(C)OC(=O)N1CCC[C@H](CNS(=O)(=O)Cc2cccc(F)c2)C1. The molecule has 0 aliphatic carbocycles. The first kappa shape index (κ1) is 20.6. The zero-order valence-corrected chi connectivity index (χ0v) is 16.3. The molecular formula is C18H27FN2O4S. The highest BCUT2D eigenvalue weighted by atomic mass is 32.2. The van der Waals surface area contributed by atoms with Gasteiger partial charge in [-0.1, -0.05) is 12.1 Å². The third kappa shape index (κ3) is 6.92. The predicted molar refractivity (Wildman–Crippen MR) is 97.6 cm³/mol. The Balaban J connectivity index is 1.87. The summed E-state index contributed by atoms with van der Waals surface area (Å²) in [6.07, 6.45) is 1.27. The van der Waals surface area contributed by atoms with E-state index in [1.165, 1.54) is 18.2 Å². The van der Waals surface area contributed by atoms with Crippen molar-refractivity contribution in [1.29, 1.82) is 0 Å². The number of amides is 1. The van der Waals surface area contributed by atoms with Crippen LogP contribution in [0.5, 0.6) is 0 Å². The van der Waals surface area contributed by atoms with Crippen LogP contribution in [0.2, 0.25) is 0 Å². The van der Waals surface area contributed by atoms with Crippen LogP contribution in [-0.4, -0.2) is 44.6 Å². The highest BCUT2D eigenvalue weighted by Crippen LogP contribution is 2.19. The maximum atomic E-state index is 13.2. The molecule has 1 aromatic rings. The molecule has 1 aliphatic heterocycles. The lowest BCUT2D eigenvalue weighted by Crippen LogP contribution is -2.45. The molecule has 1 atom stereocenters. The summed E-state index contributed by atoms with van der Waals surface area (Å²) in [6.45, 7) is 6.75. The lowest BCUT2D eigenvalue weighted by Gasteiger charge is -2.34. The molecule has 0 unspecified atom stereocenters. The van der Waals surface area contributed by atoms with Gasteiger partial charge in [-0.2, -0.15) is 0 Å². The zero-order valence-electron chi connectivity index (χ0n) is 15.5. The second-order valence-electron chi connectivity index (χ2n) is 7.67. The van der Waals surface area contributed by atoms with E-state index in [2.05, 4.69) is 4.72 Å². The van der Waals surface area contributed by atoms with E-state index in [1.54, 1.807) is 11.0 Å². The highest BCUT2D eigenvalue weighted by Gasteiger charge is 2.28. The normalized spacial score (nSPS) is 18.6. The van der Waals surface area contributed by atoms with Crippen molar-refractivity contribution in [1.82, 2.24) is 9.62 Å². The number of rotatable bonds is 5. The van der Waals surface area contributed by atoms with Crippen LogP contribution in [0.15, 0.2) is 24.3 Å². The van der Waals surface area contributed by atoms with Crippen LogP contribution in [0.1, 0.15) is 39.2 Å². The Bertz CT molecular complexity index is 731. The fraction of sp³-hybridized carbons (Fsp3) is 0.611. The molecule has 26 heavy (non-hydrogen) atoms. The van der Waals surface area contributed by atoms with Gasteiger partial charge in [-0.3, -0.25) is 0 Å². The number of piperidine rings is 1. The number of nitrogens with one attached hydrogen (secondary N) is 1. The van der Waals surface area contributed by atoms with Gasteiger partial charge in [-0.25, -0.2) is 22.3 Å². The van der Waals surface area contributed by atoms with Crippen LogP contribution < -0.4 is 4.72 Å². The van der Waals surface area contributed by atoms with E-state index >= 15 is 0 Å². The summed E-state index contributed by atoms with van der Waals surface area (Å²) in [6, 6.07) is 5.55. The van der Waals surface area contributed by atoms with Crippen LogP contribution in [0.3, 0.4) is 0 Å². The van der Waals surface area contributed by atoms with Crippen molar-refractivity contribution in [2.75, 3.05) is 19.6 Å². The molecule has 0 saturated carbocycles. The molecule has 1 aliphatic rings. The average molecular weight is 386 g/mol. The summed E-state index contributed by atoms with van der Waals surface area (Å²) in [5.41, 5.74) is -0.159. The van der Waals surface area contributed by atoms with Gasteiger partial charge in [0, 0.05) is 19.6 Å². The summed E-state index contributed by atoms with van der Waals surface area (Å²) < 4.78 is 45.6. The summed E-state index contributed by atoms with van der Waals surface area (Å²) >= 11 is 0. The first-order valence-corrected chi connectivity index (χ1v) is 10.4. The first-order chi connectivity index (χ1) is 12.0. The summed E-state index contributed by atoms with van der Waals surface area (Å²) in [5.74, 6) is -0.704. The number of hydrogen-bond donors (Lipinski definition) is 1. The van der Waals surface area contributed by atoms with Crippen molar-refractivity contribution in [3.63, 3.8) is 0 Å². The Labute approximate surface area is 154 Å². The van der Waals surface area contributed by atoms with E-state index in [0.717, 1.165) is 12.8 Å². The van der Waals surface area contributed by atoms with Crippen molar-refractivity contribution < 1.29 is 22.3 Å². The number of carbonyl (C=O) groups is 1. The van der Waals surface area contributed by atoms with Gasteiger partial charge in [0.2, 0.25) is 10.0 Å². The number of carbonyl (C=O) groups excluding carboxylic acids is 1. The number of halogens is 1. The zero-order chi connectivity index (χ0) is 19.4. The monoisotopic (exact) mass is 386 g/mol. The topological polar surface area (TPSA) is 75.7 Å². The molecule has 0 aromatic heterocycles. The fourth-order valence-electron chi connectivity index (χ4n) is 2.87. The lowest BCUT2D eigenvalue weighted by molar-refractivity contribution is 0.0169. The van der Waals surface area contributed by atoms with Crippen molar-refractivity contribution in [3.05, 3.63) is 35.6 Å². The Hall–Kier alpha value is -1.67. The Kier molecular flexibility index (Phi) is 6.63. The third-order valence-corrected chi connectivity index (χ3v) is 5.33. The molecule has 6 nitrogen and oxygen atoms in total. The quantitative estimate of drug-likeness (QED) is 0.844.